The highest BCUT2D eigenvalue weighted by atomic mass is 16.6. The summed E-state index contributed by atoms with van der Waals surface area (Å²) in [6.45, 7) is 3.61. The van der Waals surface area contributed by atoms with Crippen LogP contribution in [0.4, 0.5) is 11.4 Å². The molecule has 7 heteroatoms. The lowest BCUT2D eigenvalue weighted by Crippen LogP contribution is -2.41. The van der Waals surface area contributed by atoms with Gasteiger partial charge in [0, 0.05) is 24.1 Å². The van der Waals surface area contributed by atoms with E-state index in [1.807, 2.05) is 35.8 Å². The standard InChI is InChI=1S/C21H24N3O4/c1-2-28-19-11-9-17(10-12-19)22-15-21(25,23-13-4-3-8-20(22)23)16-6-5-7-18(14-16)24(26)27/h5-7,9-12,14,25H,2-4,8,13,15H2,1H3/q+1/t21-/m1/s1. The Morgan fingerprint density at radius 2 is 2.04 bits per heavy atom. The smallest absolute Gasteiger partial charge is 0.271 e. The fraction of sp³-hybridized carbons (Fsp3) is 0.381. The van der Waals surface area contributed by atoms with Gasteiger partial charge in [-0.25, -0.2) is 9.48 Å². The van der Waals surface area contributed by atoms with Gasteiger partial charge in [0.2, 0.25) is 0 Å². The molecule has 1 N–H and O–H groups in total. The minimum absolute atomic E-state index is 0.0102. The molecule has 2 aromatic carbocycles. The average molecular weight is 382 g/mol. The number of nitro benzene ring substituents is 1. The van der Waals surface area contributed by atoms with Crippen molar-refractivity contribution in [3.05, 3.63) is 64.2 Å². The van der Waals surface area contributed by atoms with E-state index in [-0.39, 0.29) is 5.69 Å². The largest absolute Gasteiger partial charge is 0.494 e. The number of aliphatic hydroxyl groups is 1. The van der Waals surface area contributed by atoms with Crippen LogP contribution in [0.3, 0.4) is 0 Å². The maximum absolute atomic E-state index is 11.7. The van der Waals surface area contributed by atoms with Crippen LogP contribution >= 0.6 is 0 Å². The molecule has 0 fully saturated rings. The number of ether oxygens (including phenoxy) is 1. The van der Waals surface area contributed by atoms with Gasteiger partial charge in [-0.1, -0.05) is 12.1 Å². The first-order chi connectivity index (χ1) is 13.5. The lowest BCUT2D eigenvalue weighted by molar-refractivity contribution is -0.661. The van der Waals surface area contributed by atoms with Crippen molar-refractivity contribution in [3.63, 3.8) is 0 Å². The molecule has 2 aliphatic heterocycles. The second-order valence-corrected chi connectivity index (χ2v) is 7.16. The van der Waals surface area contributed by atoms with Gasteiger partial charge in [0.05, 0.1) is 18.1 Å². The number of nitro groups is 1. The van der Waals surface area contributed by atoms with E-state index in [0.29, 0.717) is 18.7 Å². The Hall–Kier alpha value is -2.93. The van der Waals surface area contributed by atoms with E-state index in [1.165, 1.54) is 12.1 Å². The molecule has 0 saturated heterocycles. The van der Waals surface area contributed by atoms with Gasteiger partial charge in [-0.2, -0.15) is 0 Å². The van der Waals surface area contributed by atoms with Gasteiger partial charge in [-0.3, -0.25) is 10.1 Å². The predicted octanol–water partition coefficient (Wildman–Crippen LogP) is 3.25. The molecule has 2 heterocycles. The number of benzene rings is 2. The summed E-state index contributed by atoms with van der Waals surface area (Å²) in [5.41, 5.74) is 0.227. The van der Waals surface area contributed by atoms with Crippen LogP contribution in [0.25, 0.3) is 0 Å². The Morgan fingerprint density at radius 3 is 2.75 bits per heavy atom. The van der Waals surface area contributed by atoms with Gasteiger partial charge in [-0.05, 0) is 44.0 Å². The highest BCUT2D eigenvalue weighted by molar-refractivity contribution is 5.96. The van der Waals surface area contributed by atoms with Crippen LogP contribution in [0.1, 0.15) is 31.7 Å². The van der Waals surface area contributed by atoms with E-state index in [2.05, 4.69) is 4.90 Å². The number of nitrogens with zero attached hydrogens (tertiary/aromatic N) is 3. The summed E-state index contributed by atoms with van der Waals surface area (Å²) in [4.78, 5) is 12.9. The summed E-state index contributed by atoms with van der Waals surface area (Å²) in [5, 5.41) is 22.9. The summed E-state index contributed by atoms with van der Waals surface area (Å²) < 4.78 is 7.53. The van der Waals surface area contributed by atoms with Crippen molar-refractivity contribution in [2.24, 2.45) is 0 Å². The fourth-order valence-electron chi connectivity index (χ4n) is 4.14. The molecule has 0 radical (unpaired) electrons. The molecule has 2 aliphatic rings. The first-order valence-corrected chi connectivity index (χ1v) is 9.64. The molecule has 0 saturated carbocycles. The first-order valence-electron chi connectivity index (χ1n) is 9.64. The Kier molecular flexibility index (Phi) is 4.77. The van der Waals surface area contributed by atoms with E-state index in [1.54, 1.807) is 12.1 Å². The third-order valence-electron chi connectivity index (χ3n) is 5.46. The molecule has 4 rings (SSSR count). The summed E-state index contributed by atoms with van der Waals surface area (Å²) in [6.07, 6.45) is 2.91. The number of non-ortho nitro benzene ring substituents is 1. The summed E-state index contributed by atoms with van der Waals surface area (Å²) in [5.74, 6) is 1.87. The van der Waals surface area contributed by atoms with Crippen molar-refractivity contribution in [1.82, 2.24) is 0 Å². The molecular formula is C21H24N3O4+. The van der Waals surface area contributed by atoms with E-state index in [9.17, 15) is 15.2 Å². The second kappa shape index (κ2) is 7.24. The van der Waals surface area contributed by atoms with E-state index < -0.39 is 10.6 Å². The SMILES string of the molecule is CCOc1ccc(N2C[C@@](O)(c3cccc([N+](=O)[O-])c3)[N+]3=C2CCCC3)cc1. The van der Waals surface area contributed by atoms with Crippen LogP contribution < -0.4 is 9.64 Å². The average Bonchev–Trinajstić information content (AvgIpc) is 3.03. The summed E-state index contributed by atoms with van der Waals surface area (Å²) >= 11 is 0. The van der Waals surface area contributed by atoms with Gasteiger partial charge in [0.1, 0.15) is 11.4 Å². The maximum Gasteiger partial charge on any atom is 0.271 e. The van der Waals surface area contributed by atoms with E-state index in [4.69, 9.17) is 4.74 Å². The van der Waals surface area contributed by atoms with Crippen molar-refractivity contribution >= 4 is 17.2 Å². The molecule has 0 unspecified atom stereocenters. The van der Waals surface area contributed by atoms with Gasteiger partial charge >= 0.3 is 0 Å². The normalized spacial score (nSPS) is 21.6. The lowest BCUT2D eigenvalue weighted by Gasteiger charge is -2.24. The number of anilines is 1. The molecule has 2 aromatic rings. The van der Waals surface area contributed by atoms with Crippen molar-refractivity contribution in [1.29, 1.82) is 0 Å². The van der Waals surface area contributed by atoms with Crippen molar-refractivity contribution in [2.75, 3.05) is 24.6 Å². The number of rotatable bonds is 5. The third-order valence-corrected chi connectivity index (χ3v) is 5.46. The van der Waals surface area contributed by atoms with Gasteiger partial charge in [0.25, 0.3) is 17.2 Å². The molecule has 0 amide bonds. The highest BCUT2D eigenvalue weighted by Gasteiger charge is 2.52. The van der Waals surface area contributed by atoms with Crippen LogP contribution in [0.15, 0.2) is 48.5 Å². The Balaban J connectivity index is 1.73. The second-order valence-electron chi connectivity index (χ2n) is 7.16. The van der Waals surface area contributed by atoms with Crippen LogP contribution in [0, 0.1) is 10.1 Å². The number of β-amino-alcohol motifs (C(OH)–C–C–N with tert-alkyl or cyclic N) is 1. The van der Waals surface area contributed by atoms with Gasteiger partial charge in [0.15, 0.2) is 6.54 Å². The minimum atomic E-state index is -1.29. The van der Waals surface area contributed by atoms with E-state index >= 15 is 0 Å². The Morgan fingerprint density at radius 1 is 1.25 bits per heavy atom. The zero-order chi connectivity index (χ0) is 19.7. The molecule has 0 aromatic heterocycles. The third kappa shape index (κ3) is 3.11. The highest BCUT2D eigenvalue weighted by Crippen LogP contribution is 2.37. The molecule has 28 heavy (non-hydrogen) atoms. The molecule has 146 valence electrons. The minimum Gasteiger partial charge on any atom is -0.494 e. The predicted molar refractivity (Wildman–Crippen MR) is 106 cm³/mol. The number of hydrogen-bond donors (Lipinski definition) is 1. The number of amidine groups is 1. The van der Waals surface area contributed by atoms with Gasteiger partial charge in [-0.15, -0.1) is 0 Å². The van der Waals surface area contributed by atoms with Crippen molar-refractivity contribution in [2.45, 2.75) is 31.9 Å². The van der Waals surface area contributed by atoms with Crippen LogP contribution in [0.5, 0.6) is 5.75 Å². The lowest BCUT2D eigenvalue weighted by atomic mass is 10.0. The first kappa shape index (κ1) is 18.4. The zero-order valence-corrected chi connectivity index (χ0v) is 15.9. The summed E-state index contributed by atoms with van der Waals surface area (Å²) in [7, 11) is 0. The zero-order valence-electron chi connectivity index (χ0n) is 15.9. The molecule has 0 spiro atoms. The quantitative estimate of drug-likeness (QED) is 0.488. The topological polar surface area (TPSA) is 78.9 Å². The molecule has 7 nitrogen and oxygen atoms in total. The van der Waals surface area contributed by atoms with Crippen molar-refractivity contribution in [3.8, 4) is 5.75 Å². The van der Waals surface area contributed by atoms with E-state index in [0.717, 1.165) is 43.1 Å². The van der Waals surface area contributed by atoms with Crippen LogP contribution in [0.2, 0.25) is 0 Å². The van der Waals surface area contributed by atoms with Gasteiger partial charge < -0.3 is 9.84 Å². The Labute approximate surface area is 163 Å². The summed E-state index contributed by atoms with van der Waals surface area (Å²) in [6, 6.07) is 14.2. The maximum atomic E-state index is 11.7. The van der Waals surface area contributed by atoms with Crippen LogP contribution in [-0.2, 0) is 5.72 Å². The molecule has 0 bridgehead atoms. The molecular weight excluding hydrogens is 358 g/mol. The van der Waals surface area contributed by atoms with Crippen LogP contribution in [-0.4, -0.2) is 40.1 Å². The van der Waals surface area contributed by atoms with Crippen molar-refractivity contribution < 1.29 is 19.3 Å². The monoisotopic (exact) mass is 382 g/mol. The Bertz CT molecular complexity index is 926. The number of hydrogen-bond acceptors (Lipinski definition) is 5. The molecule has 0 aliphatic carbocycles. The molecule has 1 atom stereocenters. The fourth-order valence-corrected chi connectivity index (χ4v) is 4.14.